The lowest BCUT2D eigenvalue weighted by atomic mass is 10.3. The highest BCUT2D eigenvalue weighted by molar-refractivity contribution is 14.0. The number of anilines is 1. The number of pyridine rings is 1. The standard InChI is InChI=1S/C18H25ClN6S.HI/c1-4-20-18(22-10-16-23-12(2)13(3)26-16)24-14-7-9-25(11-14)17-15(19)6-5-8-21-17;/h5-6,8,14H,4,7,9-11H2,1-3H3,(H2,20,22,24);1H. The summed E-state index contributed by atoms with van der Waals surface area (Å²) in [5.41, 5.74) is 1.09. The van der Waals surface area contributed by atoms with Crippen molar-refractivity contribution in [2.24, 2.45) is 4.99 Å². The monoisotopic (exact) mass is 520 g/mol. The Hall–Kier alpha value is -1.13. The number of guanidine groups is 1. The molecule has 2 N–H and O–H groups in total. The number of hydrogen-bond donors (Lipinski definition) is 2. The van der Waals surface area contributed by atoms with Gasteiger partial charge < -0.3 is 15.5 Å². The van der Waals surface area contributed by atoms with E-state index in [1.807, 2.05) is 19.1 Å². The molecule has 2 aromatic heterocycles. The number of aryl methyl sites for hydroxylation is 2. The van der Waals surface area contributed by atoms with Gasteiger partial charge in [0.15, 0.2) is 5.96 Å². The summed E-state index contributed by atoms with van der Waals surface area (Å²) in [4.78, 5) is 17.1. The van der Waals surface area contributed by atoms with Crippen LogP contribution in [0.5, 0.6) is 0 Å². The molecule has 1 unspecified atom stereocenters. The van der Waals surface area contributed by atoms with Gasteiger partial charge in [-0.3, -0.25) is 0 Å². The van der Waals surface area contributed by atoms with Crippen LogP contribution in [-0.2, 0) is 6.54 Å². The van der Waals surface area contributed by atoms with Crippen molar-refractivity contribution in [1.29, 1.82) is 0 Å². The Morgan fingerprint density at radius 2 is 2.26 bits per heavy atom. The van der Waals surface area contributed by atoms with Gasteiger partial charge in [-0.15, -0.1) is 35.3 Å². The van der Waals surface area contributed by atoms with E-state index in [2.05, 4.69) is 39.3 Å². The molecule has 27 heavy (non-hydrogen) atoms. The third kappa shape index (κ3) is 5.92. The topological polar surface area (TPSA) is 65.4 Å². The number of hydrogen-bond acceptors (Lipinski definition) is 5. The highest BCUT2D eigenvalue weighted by Crippen LogP contribution is 2.25. The molecule has 1 aliphatic heterocycles. The summed E-state index contributed by atoms with van der Waals surface area (Å²) >= 11 is 7.98. The van der Waals surface area contributed by atoms with Crippen molar-refractivity contribution in [3.05, 3.63) is 38.9 Å². The second-order valence-corrected chi connectivity index (χ2v) is 8.02. The van der Waals surface area contributed by atoms with Gasteiger partial charge in [0, 0.05) is 36.8 Å². The van der Waals surface area contributed by atoms with E-state index in [-0.39, 0.29) is 24.0 Å². The number of nitrogens with zero attached hydrogens (tertiary/aromatic N) is 4. The van der Waals surface area contributed by atoms with E-state index < -0.39 is 0 Å². The first kappa shape index (κ1) is 22.2. The van der Waals surface area contributed by atoms with Gasteiger partial charge in [-0.05, 0) is 39.3 Å². The Balaban J connectivity index is 0.00000261. The van der Waals surface area contributed by atoms with Crippen LogP contribution in [0.2, 0.25) is 5.02 Å². The van der Waals surface area contributed by atoms with Crippen molar-refractivity contribution in [2.75, 3.05) is 24.5 Å². The normalized spacial score (nSPS) is 17.0. The molecule has 148 valence electrons. The molecule has 0 saturated carbocycles. The van der Waals surface area contributed by atoms with Crippen molar-refractivity contribution in [3.8, 4) is 0 Å². The molecule has 3 heterocycles. The van der Waals surface area contributed by atoms with Crippen molar-refractivity contribution < 1.29 is 0 Å². The molecule has 0 radical (unpaired) electrons. The fraction of sp³-hybridized carbons (Fsp3) is 0.500. The van der Waals surface area contributed by atoms with Crippen LogP contribution in [0.15, 0.2) is 23.3 Å². The molecule has 6 nitrogen and oxygen atoms in total. The Morgan fingerprint density at radius 1 is 1.44 bits per heavy atom. The summed E-state index contributed by atoms with van der Waals surface area (Å²) in [6.07, 6.45) is 2.80. The summed E-state index contributed by atoms with van der Waals surface area (Å²) in [5.74, 6) is 1.69. The maximum absolute atomic E-state index is 6.27. The second kappa shape index (κ2) is 10.4. The molecule has 1 fully saturated rings. The molecule has 0 aromatic carbocycles. The van der Waals surface area contributed by atoms with Crippen LogP contribution in [-0.4, -0.2) is 41.6 Å². The van der Waals surface area contributed by atoms with Crippen LogP contribution in [0.4, 0.5) is 5.82 Å². The summed E-state index contributed by atoms with van der Waals surface area (Å²) in [5, 5.41) is 8.60. The summed E-state index contributed by atoms with van der Waals surface area (Å²) in [7, 11) is 0. The Morgan fingerprint density at radius 3 is 2.93 bits per heavy atom. The van der Waals surface area contributed by atoms with Crippen LogP contribution >= 0.6 is 46.9 Å². The predicted molar refractivity (Wildman–Crippen MR) is 125 cm³/mol. The first-order valence-corrected chi connectivity index (χ1v) is 10.1. The third-order valence-corrected chi connectivity index (χ3v) is 5.71. The minimum atomic E-state index is 0. The fourth-order valence-electron chi connectivity index (χ4n) is 2.95. The van der Waals surface area contributed by atoms with Gasteiger partial charge in [-0.2, -0.15) is 0 Å². The molecule has 9 heteroatoms. The van der Waals surface area contributed by atoms with E-state index in [1.165, 1.54) is 4.88 Å². The Kier molecular flexibility index (Phi) is 8.56. The van der Waals surface area contributed by atoms with Crippen molar-refractivity contribution >= 4 is 58.7 Å². The van der Waals surface area contributed by atoms with Crippen LogP contribution in [0.1, 0.15) is 28.9 Å². The fourth-order valence-corrected chi connectivity index (χ4v) is 4.05. The average molecular weight is 521 g/mol. The van der Waals surface area contributed by atoms with Gasteiger partial charge in [0.05, 0.1) is 17.3 Å². The molecule has 2 aromatic rings. The lowest BCUT2D eigenvalue weighted by Gasteiger charge is -2.20. The number of aliphatic imine (C=N–C) groups is 1. The van der Waals surface area contributed by atoms with Crippen LogP contribution < -0.4 is 15.5 Å². The van der Waals surface area contributed by atoms with Gasteiger partial charge in [0.1, 0.15) is 10.8 Å². The van der Waals surface area contributed by atoms with Crippen LogP contribution in [0.3, 0.4) is 0 Å². The Labute approximate surface area is 186 Å². The zero-order valence-electron chi connectivity index (χ0n) is 15.8. The molecule has 1 atom stereocenters. The molecule has 0 aliphatic carbocycles. The number of thiazole rings is 1. The predicted octanol–water partition coefficient (Wildman–Crippen LogP) is 3.76. The molecular formula is C18H26ClIN6S. The van der Waals surface area contributed by atoms with E-state index in [1.54, 1.807) is 17.5 Å². The van der Waals surface area contributed by atoms with Crippen LogP contribution in [0.25, 0.3) is 0 Å². The largest absolute Gasteiger partial charge is 0.357 e. The van der Waals surface area contributed by atoms with Gasteiger partial charge in [-0.25, -0.2) is 15.0 Å². The minimum Gasteiger partial charge on any atom is -0.357 e. The highest BCUT2D eigenvalue weighted by Gasteiger charge is 2.25. The number of aromatic nitrogens is 2. The highest BCUT2D eigenvalue weighted by atomic mass is 127. The van der Waals surface area contributed by atoms with E-state index in [4.69, 9.17) is 16.6 Å². The first-order chi connectivity index (χ1) is 12.6. The molecule has 0 spiro atoms. The minimum absolute atomic E-state index is 0. The molecule has 1 aliphatic rings. The quantitative estimate of drug-likeness (QED) is 0.357. The van der Waals surface area contributed by atoms with E-state index in [0.29, 0.717) is 17.6 Å². The molecule has 0 amide bonds. The SMILES string of the molecule is CCNC(=NCc1nc(C)c(C)s1)NC1CCN(c2ncccc2Cl)C1.I. The zero-order valence-corrected chi connectivity index (χ0v) is 19.7. The maximum atomic E-state index is 6.27. The number of halogens is 2. The second-order valence-electron chi connectivity index (χ2n) is 6.33. The van der Waals surface area contributed by atoms with Crippen molar-refractivity contribution in [3.63, 3.8) is 0 Å². The van der Waals surface area contributed by atoms with E-state index in [0.717, 1.165) is 48.5 Å². The maximum Gasteiger partial charge on any atom is 0.191 e. The van der Waals surface area contributed by atoms with E-state index >= 15 is 0 Å². The zero-order chi connectivity index (χ0) is 18.5. The lowest BCUT2D eigenvalue weighted by Crippen LogP contribution is -2.44. The molecule has 1 saturated heterocycles. The number of rotatable bonds is 5. The van der Waals surface area contributed by atoms with E-state index in [9.17, 15) is 0 Å². The number of nitrogens with one attached hydrogen (secondary N) is 2. The molecular weight excluding hydrogens is 495 g/mol. The molecule has 0 bridgehead atoms. The van der Waals surface area contributed by atoms with Gasteiger partial charge in [0.25, 0.3) is 0 Å². The van der Waals surface area contributed by atoms with Gasteiger partial charge in [0.2, 0.25) is 0 Å². The van der Waals surface area contributed by atoms with Gasteiger partial charge in [-0.1, -0.05) is 11.6 Å². The van der Waals surface area contributed by atoms with Crippen molar-refractivity contribution in [2.45, 2.75) is 39.8 Å². The third-order valence-electron chi connectivity index (χ3n) is 4.36. The summed E-state index contributed by atoms with van der Waals surface area (Å²) in [6, 6.07) is 4.05. The average Bonchev–Trinajstić information content (AvgIpc) is 3.20. The van der Waals surface area contributed by atoms with Crippen LogP contribution in [0, 0.1) is 13.8 Å². The van der Waals surface area contributed by atoms with Gasteiger partial charge >= 0.3 is 0 Å². The first-order valence-electron chi connectivity index (χ1n) is 8.90. The summed E-state index contributed by atoms with van der Waals surface area (Å²) in [6.45, 7) is 9.41. The lowest BCUT2D eigenvalue weighted by molar-refractivity contribution is 0.648. The molecule has 3 rings (SSSR count). The Bertz CT molecular complexity index is 761. The van der Waals surface area contributed by atoms with Crippen molar-refractivity contribution in [1.82, 2.24) is 20.6 Å². The smallest absolute Gasteiger partial charge is 0.191 e. The summed E-state index contributed by atoms with van der Waals surface area (Å²) < 4.78 is 0.